The molecule has 8 nitrogen and oxygen atoms in total. The molecule has 4 rings (SSSR count). The molecule has 4 N–H and O–H groups in total. The van der Waals surface area contributed by atoms with E-state index in [1.807, 2.05) is 30.3 Å². The number of hydrogen-bond donors (Lipinski definition) is 3. The van der Waals surface area contributed by atoms with Crippen LogP contribution in [0.15, 0.2) is 42.5 Å². The van der Waals surface area contributed by atoms with Crippen LogP contribution in [0.4, 0.5) is 21.9 Å². The van der Waals surface area contributed by atoms with E-state index in [2.05, 4.69) is 10.6 Å². The molecule has 1 unspecified atom stereocenters. The molecule has 28 heavy (non-hydrogen) atoms. The summed E-state index contributed by atoms with van der Waals surface area (Å²) in [7, 11) is 0. The van der Waals surface area contributed by atoms with E-state index < -0.39 is 0 Å². The number of carbonyl (C=O) groups is 2. The number of fused-ring (bicyclic) bond motifs is 1. The van der Waals surface area contributed by atoms with Crippen LogP contribution in [0.25, 0.3) is 0 Å². The Balaban J connectivity index is 1.39. The lowest BCUT2D eigenvalue weighted by Crippen LogP contribution is -2.45. The van der Waals surface area contributed by atoms with E-state index >= 15 is 0 Å². The number of nitrogens with one attached hydrogen (secondary N) is 2. The van der Waals surface area contributed by atoms with Gasteiger partial charge in [-0.05, 0) is 25.0 Å². The molecule has 146 valence electrons. The van der Waals surface area contributed by atoms with Crippen LogP contribution in [0.5, 0.6) is 11.5 Å². The minimum absolute atomic E-state index is 0.139. The summed E-state index contributed by atoms with van der Waals surface area (Å²) in [6.07, 6.45) is 1.47. The monoisotopic (exact) mass is 382 g/mol. The van der Waals surface area contributed by atoms with Crippen molar-refractivity contribution in [1.29, 1.82) is 0 Å². The summed E-state index contributed by atoms with van der Waals surface area (Å²) in [6.45, 7) is 1.11. The highest BCUT2D eigenvalue weighted by molar-refractivity contribution is 5.97. The smallest absolute Gasteiger partial charge is 0.321 e. The van der Waals surface area contributed by atoms with Gasteiger partial charge in [-0.25, -0.2) is 4.79 Å². The van der Waals surface area contributed by atoms with Crippen molar-refractivity contribution >= 4 is 29.0 Å². The number of rotatable bonds is 3. The first-order valence-corrected chi connectivity index (χ1v) is 9.21. The molecule has 0 aromatic heterocycles. The van der Waals surface area contributed by atoms with Crippen LogP contribution < -0.4 is 25.8 Å². The summed E-state index contributed by atoms with van der Waals surface area (Å²) >= 11 is 0. The number of nitrogen functional groups attached to an aromatic ring is 1. The lowest BCUT2D eigenvalue weighted by Gasteiger charge is -2.32. The second kappa shape index (κ2) is 7.67. The SMILES string of the molecule is Nc1cc2c(cc1NC(=O)C1CCCN(C(=O)Nc3ccccc3)C1)OCO2. The number of nitrogens with two attached hydrogens (primary N) is 1. The average molecular weight is 382 g/mol. The van der Waals surface area contributed by atoms with Crippen LogP contribution >= 0.6 is 0 Å². The number of nitrogens with zero attached hydrogens (tertiary/aromatic N) is 1. The molecule has 2 aliphatic heterocycles. The summed E-state index contributed by atoms with van der Waals surface area (Å²) in [4.78, 5) is 26.9. The maximum absolute atomic E-state index is 12.7. The zero-order chi connectivity index (χ0) is 19.5. The van der Waals surface area contributed by atoms with Crippen LogP contribution in [0.3, 0.4) is 0 Å². The summed E-state index contributed by atoms with van der Waals surface area (Å²) < 4.78 is 10.6. The van der Waals surface area contributed by atoms with Crippen LogP contribution in [-0.2, 0) is 4.79 Å². The lowest BCUT2D eigenvalue weighted by molar-refractivity contribution is -0.121. The molecule has 2 heterocycles. The van der Waals surface area contributed by atoms with Gasteiger partial charge in [-0.2, -0.15) is 0 Å². The van der Waals surface area contributed by atoms with Crippen molar-refractivity contribution in [3.8, 4) is 11.5 Å². The van der Waals surface area contributed by atoms with E-state index in [4.69, 9.17) is 15.2 Å². The molecule has 1 saturated heterocycles. The first kappa shape index (κ1) is 18.0. The third kappa shape index (κ3) is 3.80. The summed E-state index contributed by atoms with van der Waals surface area (Å²) in [5.41, 5.74) is 7.63. The van der Waals surface area contributed by atoms with E-state index in [0.29, 0.717) is 42.4 Å². The van der Waals surface area contributed by atoms with Gasteiger partial charge in [-0.1, -0.05) is 18.2 Å². The van der Waals surface area contributed by atoms with Crippen molar-refractivity contribution in [3.63, 3.8) is 0 Å². The molecule has 0 bridgehead atoms. The number of hydrogen-bond acceptors (Lipinski definition) is 5. The van der Waals surface area contributed by atoms with Crippen molar-refractivity contribution in [3.05, 3.63) is 42.5 Å². The molecule has 0 radical (unpaired) electrons. The highest BCUT2D eigenvalue weighted by Gasteiger charge is 2.29. The van der Waals surface area contributed by atoms with E-state index in [1.54, 1.807) is 17.0 Å². The quantitative estimate of drug-likeness (QED) is 0.708. The summed E-state index contributed by atoms with van der Waals surface area (Å²) in [5.74, 6) is 0.650. The number of urea groups is 1. The van der Waals surface area contributed by atoms with Gasteiger partial charge in [0.05, 0.1) is 17.3 Å². The number of carbonyl (C=O) groups excluding carboxylic acids is 2. The van der Waals surface area contributed by atoms with Gasteiger partial charge >= 0.3 is 6.03 Å². The first-order chi connectivity index (χ1) is 13.6. The molecule has 0 spiro atoms. The fraction of sp³-hybridized carbons (Fsp3) is 0.300. The molecular weight excluding hydrogens is 360 g/mol. The number of ether oxygens (including phenoxy) is 2. The van der Waals surface area contributed by atoms with Crippen molar-refractivity contribution in [2.75, 3.05) is 36.2 Å². The van der Waals surface area contributed by atoms with E-state index in [9.17, 15) is 9.59 Å². The fourth-order valence-electron chi connectivity index (χ4n) is 3.40. The van der Waals surface area contributed by atoms with Crippen molar-refractivity contribution in [2.45, 2.75) is 12.8 Å². The molecule has 0 aliphatic carbocycles. The maximum Gasteiger partial charge on any atom is 0.321 e. The van der Waals surface area contributed by atoms with Crippen molar-refractivity contribution < 1.29 is 19.1 Å². The Kier molecular flexibility index (Phi) is 4.92. The van der Waals surface area contributed by atoms with E-state index in [-0.39, 0.29) is 24.6 Å². The minimum Gasteiger partial charge on any atom is -0.454 e. The second-order valence-electron chi connectivity index (χ2n) is 6.86. The van der Waals surface area contributed by atoms with Gasteiger partial charge in [-0.15, -0.1) is 0 Å². The molecule has 2 aromatic carbocycles. The van der Waals surface area contributed by atoms with Gasteiger partial charge in [0.25, 0.3) is 0 Å². The van der Waals surface area contributed by atoms with Gasteiger partial charge in [0.2, 0.25) is 12.7 Å². The van der Waals surface area contributed by atoms with E-state index in [0.717, 1.165) is 12.1 Å². The predicted molar refractivity (Wildman–Crippen MR) is 105 cm³/mol. The Morgan fingerprint density at radius 1 is 1.07 bits per heavy atom. The Morgan fingerprint density at radius 2 is 1.82 bits per heavy atom. The van der Waals surface area contributed by atoms with Crippen LogP contribution in [0.2, 0.25) is 0 Å². The molecule has 2 aromatic rings. The Hall–Kier alpha value is -3.42. The lowest BCUT2D eigenvalue weighted by atomic mass is 9.97. The topological polar surface area (TPSA) is 106 Å². The Labute approximate surface area is 162 Å². The number of amides is 3. The third-order valence-electron chi connectivity index (χ3n) is 4.91. The molecule has 2 aliphatic rings. The minimum atomic E-state index is -0.305. The number of anilines is 3. The maximum atomic E-state index is 12.7. The van der Waals surface area contributed by atoms with Crippen LogP contribution in [0.1, 0.15) is 12.8 Å². The molecule has 8 heteroatoms. The number of likely N-dealkylation sites (tertiary alicyclic amines) is 1. The molecule has 3 amide bonds. The predicted octanol–water partition coefficient (Wildman–Crippen LogP) is 2.88. The number of para-hydroxylation sites is 1. The average Bonchev–Trinajstić information content (AvgIpc) is 3.16. The summed E-state index contributed by atoms with van der Waals surface area (Å²) in [6, 6.07) is 12.4. The Morgan fingerprint density at radius 3 is 2.61 bits per heavy atom. The Bertz CT molecular complexity index is 887. The van der Waals surface area contributed by atoms with Gasteiger partial charge in [-0.3, -0.25) is 4.79 Å². The molecule has 0 saturated carbocycles. The van der Waals surface area contributed by atoms with E-state index in [1.165, 1.54) is 0 Å². The standard InChI is InChI=1S/C20H22N4O4/c21-15-9-17-18(28-12-27-17)10-16(15)23-19(25)13-5-4-8-24(11-13)20(26)22-14-6-2-1-3-7-14/h1-3,6-7,9-10,13H,4-5,8,11-12,21H2,(H,22,26)(H,23,25). The normalized spacial score (nSPS) is 17.9. The third-order valence-corrected chi connectivity index (χ3v) is 4.91. The first-order valence-electron chi connectivity index (χ1n) is 9.21. The number of benzene rings is 2. The molecule has 1 atom stereocenters. The van der Waals surface area contributed by atoms with Crippen LogP contribution in [0, 0.1) is 5.92 Å². The van der Waals surface area contributed by atoms with Gasteiger partial charge in [0.15, 0.2) is 11.5 Å². The molecule has 1 fully saturated rings. The van der Waals surface area contributed by atoms with Gasteiger partial charge in [0.1, 0.15) is 0 Å². The largest absolute Gasteiger partial charge is 0.454 e. The van der Waals surface area contributed by atoms with Gasteiger partial charge < -0.3 is 30.7 Å². The highest BCUT2D eigenvalue weighted by atomic mass is 16.7. The summed E-state index contributed by atoms with van der Waals surface area (Å²) in [5, 5.41) is 5.72. The van der Waals surface area contributed by atoms with Crippen molar-refractivity contribution in [2.24, 2.45) is 5.92 Å². The highest BCUT2D eigenvalue weighted by Crippen LogP contribution is 2.38. The zero-order valence-electron chi connectivity index (χ0n) is 15.3. The van der Waals surface area contributed by atoms with Crippen LogP contribution in [-0.4, -0.2) is 36.7 Å². The van der Waals surface area contributed by atoms with Gasteiger partial charge in [0, 0.05) is 30.9 Å². The molecular formula is C20H22N4O4. The zero-order valence-corrected chi connectivity index (χ0v) is 15.3. The fourth-order valence-corrected chi connectivity index (χ4v) is 3.40. The number of piperidine rings is 1. The second-order valence-corrected chi connectivity index (χ2v) is 6.86. The van der Waals surface area contributed by atoms with Crippen molar-refractivity contribution in [1.82, 2.24) is 4.90 Å².